The van der Waals surface area contributed by atoms with Gasteiger partial charge < -0.3 is 10.6 Å². The minimum Gasteiger partial charge on any atom is -0.399 e. The Morgan fingerprint density at radius 2 is 2.11 bits per heavy atom. The highest BCUT2D eigenvalue weighted by Crippen LogP contribution is 2.24. The standard InChI is InChI=1S/C15H22N2O/c1-11(13-5-7-14(16)8-6-13)10-15(18)17-9-3-4-12(17)2/h5-8,11-12H,3-4,9-10,16H2,1-2H3. The predicted molar refractivity (Wildman–Crippen MR) is 74.3 cm³/mol. The second kappa shape index (κ2) is 5.42. The lowest BCUT2D eigenvalue weighted by molar-refractivity contribution is -0.132. The van der Waals surface area contributed by atoms with Gasteiger partial charge in [0.15, 0.2) is 0 Å². The number of anilines is 1. The maximum absolute atomic E-state index is 12.2. The first-order chi connectivity index (χ1) is 8.58. The molecule has 0 aromatic heterocycles. The number of rotatable bonds is 3. The van der Waals surface area contributed by atoms with Crippen LogP contribution in [0.4, 0.5) is 5.69 Å². The highest BCUT2D eigenvalue weighted by atomic mass is 16.2. The van der Waals surface area contributed by atoms with Crippen LogP contribution in [0.25, 0.3) is 0 Å². The molecule has 1 fully saturated rings. The molecule has 1 aliphatic heterocycles. The van der Waals surface area contributed by atoms with E-state index in [0.717, 1.165) is 25.1 Å². The maximum Gasteiger partial charge on any atom is 0.223 e. The summed E-state index contributed by atoms with van der Waals surface area (Å²) >= 11 is 0. The molecule has 0 radical (unpaired) electrons. The van der Waals surface area contributed by atoms with Crippen molar-refractivity contribution in [1.82, 2.24) is 4.90 Å². The lowest BCUT2D eigenvalue weighted by Crippen LogP contribution is -2.34. The first kappa shape index (κ1) is 12.9. The Balaban J connectivity index is 1.96. The summed E-state index contributed by atoms with van der Waals surface area (Å²) in [6, 6.07) is 8.24. The van der Waals surface area contributed by atoms with Gasteiger partial charge in [-0.1, -0.05) is 19.1 Å². The summed E-state index contributed by atoms with van der Waals surface area (Å²) in [4.78, 5) is 14.2. The summed E-state index contributed by atoms with van der Waals surface area (Å²) in [5.74, 6) is 0.537. The Morgan fingerprint density at radius 1 is 1.44 bits per heavy atom. The number of carbonyl (C=O) groups excluding carboxylic acids is 1. The monoisotopic (exact) mass is 246 g/mol. The minimum atomic E-state index is 0.255. The molecule has 0 spiro atoms. The fourth-order valence-corrected chi connectivity index (χ4v) is 2.63. The van der Waals surface area contributed by atoms with Crippen molar-refractivity contribution >= 4 is 11.6 Å². The molecule has 0 aliphatic carbocycles. The average Bonchev–Trinajstić information content (AvgIpc) is 2.76. The Kier molecular flexibility index (Phi) is 3.90. The smallest absolute Gasteiger partial charge is 0.223 e. The van der Waals surface area contributed by atoms with E-state index in [0.29, 0.717) is 12.5 Å². The van der Waals surface area contributed by atoms with E-state index < -0.39 is 0 Å². The largest absolute Gasteiger partial charge is 0.399 e. The number of nitrogens with zero attached hydrogens (tertiary/aromatic N) is 1. The highest BCUT2D eigenvalue weighted by Gasteiger charge is 2.26. The lowest BCUT2D eigenvalue weighted by atomic mass is 9.97. The van der Waals surface area contributed by atoms with E-state index in [1.165, 1.54) is 5.56 Å². The van der Waals surface area contributed by atoms with Crippen LogP contribution in [0.2, 0.25) is 0 Å². The molecule has 1 aromatic carbocycles. The van der Waals surface area contributed by atoms with Crippen molar-refractivity contribution in [3.8, 4) is 0 Å². The summed E-state index contributed by atoms with van der Waals surface area (Å²) in [5, 5.41) is 0. The average molecular weight is 246 g/mol. The van der Waals surface area contributed by atoms with Crippen LogP contribution < -0.4 is 5.73 Å². The SMILES string of the molecule is CC(CC(=O)N1CCCC1C)c1ccc(N)cc1. The molecule has 1 saturated heterocycles. The number of benzene rings is 1. The molecule has 2 N–H and O–H groups in total. The van der Waals surface area contributed by atoms with Crippen LogP contribution in [0, 0.1) is 0 Å². The molecule has 18 heavy (non-hydrogen) atoms. The Bertz CT molecular complexity index is 413. The number of carbonyl (C=O) groups is 1. The molecule has 0 bridgehead atoms. The molecule has 2 rings (SSSR count). The summed E-state index contributed by atoms with van der Waals surface area (Å²) in [6.07, 6.45) is 2.87. The van der Waals surface area contributed by atoms with Crippen LogP contribution in [0.15, 0.2) is 24.3 Å². The van der Waals surface area contributed by atoms with Crippen molar-refractivity contribution in [2.75, 3.05) is 12.3 Å². The van der Waals surface area contributed by atoms with Gasteiger partial charge in [-0.15, -0.1) is 0 Å². The fourth-order valence-electron chi connectivity index (χ4n) is 2.63. The van der Waals surface area contributed by atoms with Gasteiger partial charge in [0.1, 0.15) is 0 Å². The molecule has 2 atom stereocenters. The van der Waals surface area contributed by atoms with Gasteiger partial charge in [-0.05, 0) is 43.4 Å². The van der Waals surface area contributed by atoms with Crippen LogP contribution in [0.1, 0.15) is 44.6 Å². The zero-order valence-electron chi connectivity index (χ0n) is 11.2. The molecule has 3 nitrogen and oxygen atoms in total. The van der Waals surface area contributed by atoms with Crippen molar-refractivity contribution in [2.45, 2.75) is 45.1 Å². The van der Waals surface area contributed by atoms with Crippen LogP contribution in [0.3, 0.4) is 0 Å². The quantitative estimate of drug-likeness (QED) is 0.834. The Labute approximate surface area is 109 Å². The van der Waals surface area contributed by atoms with Crippen LogP contribution in [-0.2, 0) is 4.79 Å². The molecule has 1 heterocycles. The third-order valence-corrected chi connectivity index (χ3v) is 3.86. The van der Waals surface area contributed by atoms with Crippen LogP contribution >= 0.6 is 0 Å². The van der Waals surface area contributed by atoms with Crippen molar-refractivity contribution in [3.05, 3.63) is 29.8 Å². The van der Waals surface area contributed by atoms with E-state index in [1.54, 1.807) is 0 Å². The van der Waals surface area contributed by atoms with Gasteiger partial charge in [0.05, 0.1) is 0 Å². The van der Waals surface area contributed by atoms with Gasteiger partial charge >= 0.3 is 0 Å². The van der Waals surface area contributed by atoms with E-state index >= 15 is 0 Å². The molecular formula is C15H22N2O. The first-order valence-corrected chi connectivity index (χ1v) is 6.73. The van der Waals surface area contributed by atoms with E-state index in [9.17, 15) is 4.79 Å². The zero-order chi connectivity index (χ0) is 13.1. The third kappa shape index (κ3) is 2.84. The Hall–Kier alpha value is -1.51. The van der Waals surface area contributed by atoms with E-state index in [4.69, 9.17) is 5.73 Å². The van der Waals surface area contributed by atoms with Crippen molar-refractivity contribution in [2.24, 2.45) is 0 Å². The van der Waals surface area contributed by atoms with Crippen LogP contribution in [-0.4, -0.2) is 23.4 Å². The number of hydrogen-bond donors (Lipinski definition) is 1. The highest BCUT2D eigenvalue weighted by molar-refractivity contribution is 5.77. The van der Waals surface area contributed by atoms with Crippen molar-refractivity contribution < 1.29 is 4.79 Å². The predicted octanol–water partition coefficient (Wildman–Crippen LogP) is 2.77. The minimum absolute atomic E-state index is 0.255. The van der Waals surface area contributed by atoms with E-state index in [-0.39, 0.29) is 11.8 Å². The van der Waals surface area contributed by atoms with Gasteiger partial charge in [-0.3, -0.25) is 4.79 Å². The zero-order valence-corrected chi connectivity index (χ0v) is 11.2. The van der Waals surface area contributed by atoms with E-state index in [2.05, 4.69) is 13.8 Å². The van der Waals surface area contributed by atoms with Crippen LogP contribution in [0.5, 0.6) is 0 Å². The fraction of sp³-hybridized carbons (Fsp3) is 0.533. The molecule has 98 valence electrons. The molecule has 2 unspecified atom stereocenters. The number of likely N-dealkylation sites (tertiary alicyclic amines) is 1. The summed E-state index contributed by atoms with van der Waals surface area (Å²) in [5.41, 5.74) is 7.62. The maximum atomic E-state index is 12.2. The van der Waals surface area contributed by atoms with Gasteiger partial charge in [0.25, 0.3) is 0 Å². The normalized spacial score (nSPS) is 21.0. The summed E-state index contributed by atoms with van der Waals surface area (Å²) in [6.45, 7) is 5.16. The van der Waals surface area contributed by atoms with Gasteiger partial charge in [-0.25, -0.2) is 0 Å². The molecule has 1 aromatic rings. The second-order valence-electron chi connectivity index (χ2n) is 5.35. The number of nitrogens with two attached hydrogens (primary N) is 1. The van der Waals surface area contributed by atoms with Crippen molar-refractivity contribution in [1.29, 1.82) is 0 Å². The molecule has 1 aliphatic rings. The molecule has 0 saturated carbocycles. The summed E-state index contributed by atoms with van der Waals surface area (Å²) < 4.78 is 0. The van der Waals surface area contributed by atoms with Crippen molar-refractivity contribution in [3.63, 3.8) is 0 Å². The molecular weight excluding hydrogens is 224 g/mol. The van der Waals surface area contributed by atoms with E-state index in [1.807, 2.05) is 29.2 Å². The third-order valence-electron chi connectivity index (χ3n) is 3.86. The first-order valence-electron chi connectivity index (χ1n) is 6.73. The molecule has 1 amide bonds. The number of hydrogen-bond acceptors (Lipinski definition) is 2. The second-order valence-corrected chi connectivity index (χ2v) is 5.35. The lowest BCUT2D eigenvalue weighted by Gasteiger charge is -2.23. The van der Waals surface area contributed by atoms with Gasteiger partial charge in [0.2, 0.25) is 5.91 Å². The topological polar surface area (TPSA) is 46.3 Å². The summed E-state index contributed by atoms with van der Waals surface area (Å²) in [7, 11) is 0. The number of nitrogen functional groups attached to an aromatic ring is 1. The van der Waals surface area contributed by atoms with Gasteiger partial charge in [0, 0.05) is 24.7 Å². The molecule has 3 heteroatoms. The Morgan fingerprint density at radius 3 is 2.67 bits per heavy atom. The van der Waals surface area contributed by atoms with Gasteiger partial charge in [-0.2, -0.15) is 0 Å². The number of amides is 1.